The van der Waals surface area contributed by atoms with Gasteiger partial charge in [0, 0.05) is 17.6 Å². The number of nitrogens with zero attached hydrogens (tertiary/aromatic N) is 1. The molecule has 0 aliphatic carbocycles. The van der Waals surface area contributed by atoms with Crippen LogP contribution in [0.1, 0.15) is 27.2 Å². The van der Waals surface area contributed by atoms with E-state index in [1.54, 1.807) is 13.8 Å². The van der Waals surface area contributed by atoms with E-state index in [2.05, 4.69) is 4.74 Å². The number of amides is 2. The van der Waals surface area contributed by atoms with Gasteiger partial charge in [0.25, 0.3) is 0 Å². The van der Waals surface area contributed by atoms with E-state index in [4.69, 9.17) is 4.74 Å². The van der Waals surface area contributed by atoms with Gasteiger partial charge in [-0.25, -0.2) is 9.59 Å². The van der Waals surface area contributed by atoms with Crippen molar-refractivity contribution in [3.63, 3.8) is 0 Å². The van der Waals surface area contributed by atoms with Crippen molar-refractivity contribution in [2.24, 2.45) is 5.41 Å². The summed E-state index contributed by atoms with van der Waals surface area (Å²) in [5, 5.41) is 0. The lowest BCUT2D eigenvalue weighted by Crippen LogP contribution is -2.41. The summed E-state index contributed by atoms with van der Waals surface area (Å²) in [6.45, 7) is 5.13. The summed E-state index contributed by atoms with van der Waals surface area (Å²) in [4.78, 5) is 45.9. The minimum atomic E-state index is -0.756. The first-order valence-electron chi connectivity index (χ1n) is 6.47. The maximum atomic E-state index is 12.0. The fourth-order valence-corrected chi connectivity index (χ4v) is 1.24. The molecule has 0 saturated carbocycles. The number of methoxy groups -OCH3 is 1. The van der Waals surface area contributed by atoms with Gasteiger partial charge < -0.3 is 9.47 Å². The third-order valence-corrected chi connectivity index (χ3v) is 2.98. The molecule has 0 atom stereocenters. The number of hydrogen-bond acceptors (Lipinski definition) is 6. The van der Waals surface area contributed by atoms with Crippen LogP contribution < -0.4 is 0 Å². The van der Waals surface area contributed by atoms with Crippen LogP contribution in [0.15, 0.2) is 12.2 Å². The summed E-state index contributed by atoms with van der Waals surface area (Å²) in [7, 11) is 1.18. The van der Waals surface area contributed by atoms with Crippen molar-refractivity contribution in [3.8, 4) is 0 Å². The highest BCUT2D eigenvalue weighted by Crippen LogP contribution is 2.22. The van der Waals surface area contributed by atoms with Crippen LogP contribution in [0, 0.1) is 5.41 Å². The van der Waals surface area contributed by atoms with Gasteiger partial charge in [0.15, 0.2) is 0 Å². The van der Waals surface area contributed by atoms with Crippen LogP contribution in [0.5, 0.6) is 0 Å². The smallest absolute Gasteiger partial charge is 0.331 e. The van der Waals surface area contributed by atoms with Gasteiger partial charge in [-0.3, -0.25) is 14.5 Å². The van der Waals surface area contributed by atoms with Gasteiger partial charge in [-0.15, -0.1) is 0 Å². The second-order valence-corrected chi connectivity index (χ2v) is 4.87. The second-order valence-electron chi connectivity index (χ2n) is 4.87. The first-order valence-corrected chi connectivity index (χ1v) is 6.47. The van der Waals surface area contributed by atoms with Crippen molar-refractivity contribution >= 4 is 24.3 Å². The Bertz CT molecular complexity index is 427. The first kappa shape index (κ1) is 18.8. The van der Waals surface area contributed by atoms with E-state index in [0.29, 0.717) is 12.8 Å². The molecular weight excluding hydrogens is 278 g/mol. The number of carbonyl (C=O) groups excluding carboxylic acids is 4. The lowest BCUT2D eigenvalue weighted by Gasteiger charge is -2.26. The lowest BCUT2D eigenvalue weighted by atomic mass is 9.89. The Morgan fingerprint density at radius 1 is 1.14 bits per heavy atom. The molecule has 0 unspecified atom stereocenters. The number of ether oxygens (including phenoxy) is 2. The Morgan fingerprint density at radius 3 is 2.19 bits per heavy atom. The van der Waals surface area contributed by atoms with E-state index in [9.17, 15) is 19.2 Å². The predicted molar refractivity (Wildman–Crippen MR) is 74.0 cm³/mol. The summed E-state index contributed by atoms with van der Waals surface area (Å²) in [5.74, 6) is -1.77. The average molecular weight is 299 g/mol. The van der Waals surface area contributed by atoms with E-state index in [1.165, 1.54) is 7.11 Å². The molecule has 0 radical (unpaired) electrons. The zero-order valence-corrected chi connectivity index (χ0v) is 12.8. The highest BCUT2D eigenvalue weighted by atomic mass is 16.5. The maximum absolute atomic E-state index is 12.0. The normalized spacial score (nSPS) is 11.0. The quantitative estimate of drug-likeness (QED) is 0.372. The molecule has 7 heteroatoms. The molecule has 0 aromatic rings. The number of hydrogen-bond donors (Lipinski definition) is 0. The van der Waals surface area contributed by atoms with E-state index in [-0.39, 0.29) is 19.1 Å². The van der Waals surface area contributed by atoms with Crippen LogP contribution >= 0.6 is 0 Å². The van der Waals surface area contributed by atoms with Crippen LogP contribution in [-0.4, -0.2) is 49.4 Å². The van der Waals surface area contributed by atoms with Crippen molar-refractivity contribution in [2.75, 3.05) is 20.3 Å². The van der Waals surface area contributed by atoms with Gasteiger partial charge in [0.1, 0.15) is 6.61 Å². The van der Waals surface area contributed by atoms with Gasteiger partial charge in [-0.1, -0.05) is 20.8 Å². The molecular formula is C14H21NO6. The zero-order chi connectivity index (χ0) is 16.5. The molecule has 0 rings (SSSR count). The summed E-state index contributed by atoms with van der Waals surface area (Å²) >= 11 is 0. The molecule has 0 spiro atoms. The Hall–Kier alpha value is -2.18. The van der Waals surface area contributed by atoms with Crippen molar-refractivity contribution in [1.82, 2.24) is 4.90 Å². The minimum absolute atomic E-state index is 0.0381. The Kier molecular flexibility index (Phi) is 7.96. The lowest BCUT2D eigenvalue weighted by molar-refractivity contribution is -0.149. The van der Waals surface area contributed by atoms with E-state index >= 15 is 0 Å². The molecule has 0 fully saturated rings. The summed E-state index contributed by atoms with van der Waals surface area (Å²) in [6, 6.07) is 0. The van der Waals surface area contributed by atoms with Crippen LogP contribution in [-0.2, 0) is 28.7 Å². The van der Waals surface area contributed by atoms with E-state index < -0.39 is 17.4 Å². The Labute approximate surface area is 123 Å². The van der Waals surface area contributed by atoms with Gasteiger partial charge in [-0.05, 0) is 6.42 Å². The van der Waals surface area contributed by atoms with Crippen LogP contribution in [0.3, 0.4) is 0 Å². The van der Waals surface area contributed by atoms with Crippen molar-refractivity contribution in [1.29, 1.82) is 0 Å². The monoisotopic (exact) mass is 299 g/mol. The molecule has 118 valence electrons. The molecule has 0 saturated heterocycles. The molecule has 0 aliphatic rings. The number of rotatable bonds is 8. The minimum Gasteiger partial charge on any atom is -0.466 e. The molecule has 0 heterocycles. The maximum Gasteiger partial charge on any atom is 0.331 e. The molecule has 2 amide bonds. The SMILES string of the molecule is CCC(C)(C)C(=O)N(C=O)CCOC(=O)/C=C/C(=O)OC. The molecule has 7 nitrogen and oxygen atoms in total. The summed E-state index contributed by atoms with van der Waals surface area (Å²) in [5.41, 5.74) is -0.657. The summed E-state index contributed by atoms with van der Waals surface area (Å²) in [6.07, 6.45) is 2.83. The van der Waals surface area contributed by atoms with Crippen LogP contribution in [0.25, 0.3) is 0 Å². The van der Waals surface area contributed by atoms with Crippen molar-refractivity contribution in [3.05, 3.63) is 12.2 Å². The number of imide groups is 1. The van der Waals surface area contributed by atoms with Crippen LogP contribution in [0.4, 0.5) is 0 Å². The molecule has 0 aromatic carbocycles. The van der Waals surface area contributed by atoms with Gasteiger partial charge in [0.2, 0.25) is 12.3 Å². The molecule has 0 N–H and O–H groups in total. The highest BCUT2D eigenvalue weighted by molar-refractivity contribution is 5.92. The van der Waals surface area contributed by atoms with Gasteiger partial charge >= 0.3 is 11.9 Å². The molecule has 0 bridgehead atoms. The Balaban J connectivity index is 4.34. The summed E-state index contributed by atoms with van der Waals surface area (Å²) < 4.78 is 9.09. The predicted octanol–water partition coefficient (Wildman–Crippen LogP) is 0.680. The zero-order valence-electron chi connectivity index (χ0n) is 12.8. The largest absolute Gasteiger partial charge is 0.466 e. The fraction of sp³-hybridized carbons (Fsp3) is 0.571. The van der Waals surface area contributed by atoms with Crippen LogP contribution in [0.2, 0.25) is 0 Å². The second kappa shape index (κ2) is 8.89. The third kappa shape index (κ3) is 6.69. The number of esters is 2. The molecule has 21 heavy (non-hydrogen) atoms. The number of carbonyl (C=O) groups is 4. The third-order valence-electron chi connectivity index (χ3n) is 2.98. The molecule has 0 aliphatic heterocycles. The average Bonchev–Trinajstić information content (AvgIpc) is 2.48. The topological polar surface area (TPSA) is 90.0 Å². The van der Waals surface area contributed by atoms with Crippen molar-refractivity contribution < 1.29 is 28.7 Å². The highest BCUT2D eigenvalue weighted by Gasteiger charge is 2.30. The van der Waals surface area contributed by atoms with E-state index in [1.807, 2.05) is 6.92 Å². The first-order chi connectivity index (χ1) is 9.78. The van der Waals surface area contributed by atoms with Crippen molar-refractivity contribution in [2.45, 2.75) is 27.2 Å². The fourth-order valence-electron chi connectivity index (χ4n) is 1.24. The van der Waals surface area contributed by atoms with Gasteiger partial charge in [-0.2, -0.15) is 0 Å². The standard InChI is InChI=1S/C14H21NO6/c1-5-14(2,3)13(19)15(10-16)8-9-21-12(18)7-6-11(17)20-4/h6-7,10H,5,8-9H2,1-4H3/b7-6+. The van der Waals surface area contributed by atoms with E-state index in [0.717, 1.165) is 17.1 Å². The van der Waals surface area contributed by atoms with Gasteiger partial charge in [0.05, 0.1) is 13.7 Å². The Morgan fingerprint density at radius 2 is 1.71 bits per heavy atom. The molecule has 0 aromatic heterocycles.